The van der Waals surface area contributed by atoms with Crippen LogP contribution >= 0.6 is 0 Å². The number of hydrogen-bond acceptors (Lipinski definition) is 4. The van der Waals surface area contributed by atoms with Gasteiger partial charge in [-0.25, -0.2) is 4.79 Å². The van der Waals surface area contributed by atoms with Crippen molar-refractivity contribution >= 4 is 23.3 Å². The fourth-order valence-electron chi connectivity index (χ4n) is 4.82. The average Bonchev–Trinajstić information content (AvgIpc) is 2.88. The Morgan fingerprint density at radius 2 is 1.60 bits per heavy atom. The minimum atomic E-state index is -1.43. The molecule has 0 radical (unpaired) electrons. The van der Waals surface area contributed by atoms with E-state index in [1.165, 1.54) is 0 Å². The molecule has 4 rings (SSSR count). The zero-order valence-corrected chi connectivity index (χ0v) is 19.9. The van der Waals surface area contributed by atoms with E-state index in [1.807, 2.05) is 61.6 Å². The molecular formula is C29H30N2O4. The van der Waals surface area contributed by atoms with Crippen molar-refractivity contribution in [2.45, 2.75) is 25.8 Å². The van der Waals surface area contributed by atoms with Crippen molar-refractivity contribution in [1.29, 1.82) is 0 Å². The Kier molecular flexibility index (Phi) is 7.60. The fraction of sp³-hybridized carbons (Fsp3) is 0.276. The fourth-order valence-corrected chi connectivity index (χ4v) is 4.82. The van der Waals surface area contributed by atoms with Gasteiger partial charge in [0.15, 0.2) is 0 Å². The molecular weight excluding hydrogens is 440 g/mol. The van der Waals surface area contributed by atoms with Gasteiger partial charge in [-0.2, -0.15) is 0 Å². The quantitative estimate of drug-likeness (QED) is 0.374. The number of carbonyl (C=O) groups excluding carboxylic acids is 2. The first-order valence-corrected chi connectivity index (χ1v) is 11.9. The summed E-state index contributed by atoms with van der Waals surface area (Å²) in [5, 5.41) is 9.12. The van der Waals surface area contributed by atoms with Crippen LogP contribution in [0.2, 0.25) is 0 Å². The van der Waals surface area contributed by atoms with Crippen molar-refractivity contribution in [2.24, 2.45) is 5.92 Å². The van der Waals surface area contributed by atoms with Gasteiger partial charge in [0.25, 0.3) is 5.78 Å². The van der Waals surface area contributed by atoms with Gasteiger partial charge in [-0.1, -0.05) is 66.7 Å². The van der Waals surface area contributed by atoms with Crippen LogP contribution in [-0.2, 0) is 29.0 Å². The number of likely N-dealkylation sites (N-methyl/N-ethyl adjacent to an activating group) is 1. The van der Waals surface area contributed by atoms with Gasteiger partial charge in [0, 0.05) is 31.4 Å². The van der Waals surface area contributed by atoms with Gasteiger partial charge in [-0.3, -0.25) is 9.59 Å². The van der Waals surface area contributed by atoms with E-state index in [9.17, 15) is 14.4 Å². The van der Waals surface area contributed by atoms with Gasteiger partial charge < -0.3 is 14.9 Å². The molecule has 0 saturated heterocycles. The standard InChI is InChI=1S/C29H30N2O4/c1-30(18-22-15-16-25-23(17-22)11-8-14-26(25)28(33)29(34)35)27(32)20-31(24-12-6-3-7-13-24)19-21-9-4-2-5-10-21/h2-14,22H,15-20H2,1H3,(H,34,35). The number of carboxylic acid groups (broad SMARTS) is 1. The molecule has 1 N–H and O–H groups in total. The lowest BCUT2D eigenvalue weighted by molar-refractivity contribution is -0.132. The van der Waals surface area contributed by atoms with E-state index < -0.39 is 11.8 Å². The maximum Gasteiger partial charge on any atom is 0.377 e. The van der Waals surface area contributed by atoms with E-state index in [0.29, 0.717) is 19.5 Å². The number of aliphatic carboxylic acids is 1. The number of carbonyl (C=O) groups is 3. The van der Waals surface area contributed by atoms with Crippen molar-refractivity contribution in [2.75, 3.05) is 25.0 Å². The zero-order valence-electron chi connectivity index (χ0n) is 19.9. The van der Waals surface area contributed by atoms with Crippen LogP contribution in [0.4, 0.5) is 5.69 Å². The van der Waals surface area contributed by atoms with Crippen LogP contribution in [0.1, 0.15) is 33.5 Å². The highest BCUT2D eigenvalue weighted by Gasteiger charge is 2.27. The maximum atomic E-state index is 13.2. The molecule has 1 aliphatic rings. The molecule has 0 aliphatic heterocycles. The largest absolute Gasteiger partial charge is 0.475 e. The Labute approximate surface area is 205 Å². The van der Waals surface area contributed by atoms with Crippen molar-refractivity contribution in [3.63, 3.8) is 0 Å². The van der Waals surface area contributed by atoms with Crippen LogP contribution in [0.5, 0.6) is 0 Å². The second kappa shape index (κ2) is 11.0. The molecule has 0 bridgehead atoms. The second-order valence-corrected chi connectivity index (χ2v) is 9.14. The molecule has 1 amide bonds. The highest BCUT2D eigenvalue weighted by atomic mass is 16.4. The minimum absolute atomic E-state index is 0.0467. The Balaban J connectivity index is 1.42. The molecule has 0 heterocycles. The van der Waals surface area contributed by atoms with Gasteiger partial charge in [0.2, 0.25) is 5.91 Å². The average molecular weight is 471 g/mol. The zero-order chi connectivity index (χ0) is 24.8. The predicted octanol–water partition coefficient (Wildman–Crippen LogP) is 4.22. The molecule has 3 aromatic carbocycles. The highest BCUT2D eigenvalue weighted by Crippen LogP contribution is 2.29. The second-order valence-electron chi connectivity index (χ2n) is 9.14. The van der Waals surface area contributed by atoms with E-state index in [4.69, 9.17) is 5.11 Å². The van der Waals surface area contributed by atoms with E-state index in [1.54, 1.807) is 17.0 Å². The van der Waals surface area contributed by atoms with Crippen molar-refractivity contribution in [3.05, 3.63) is 101 Å². The minimum Gasteiger partial charge on any atom is -0.475 e. The summed E-state index contributed by atoms with van der Waals surface area (Å²) in [4.78, 5) is 40.4. The van der Waals surface area contributed by atoms with Crippen LogP contribution in [0.3, 0.4) is 0 Å². The molecule has 6 heteroatoms. The summed E-state index contributed by atoms with van der Waals surface area (Å²) in [7, 11) is 1.84. The molecule has 180 valence electrons. The molecule has 6 nitrogen and oxygen atoms in total. The third-order valence-corrected chi connectivity index (χ3v) is 6.64. The lowest BCUT2D eigenvalue weighted by Gasteiger charge is -2.31. The number of carboxylic acids is 1. The number of para-hydroxylation sites is 1. The summed E-state index contributed by atoms with van der Waals surface area (Å²) in [6.45, 7) is 1.53. The number of hydrogen-bond donors (Lipinski definition) is 1. The summed E-state index contributed by atoms with van der Waals surface area (Å²) in [6.07, 6.45) is 2.17. The summed E-state index contributed by atoms with van der Waals surface area (Å²) in [6, 6.07) is 25.4. The molecule has 0 spiro atoms. The number of rotatable bonds is 9. The number of fused-ring (bicyclic) bond motifs is 1. The molecule has 1 unspecified atom stereocenters. The lowest BCUT2D eigenvalue weighted by atomic mass is 9.81. The van der Waals surface area contributed by atoms with Gasteiger partial charge in [0.05, 0.1) is 6.54 Å². The molecule has 3 aromatic rings. The topological polar surface area (TPSA) is 77.9 Å². The Bertz CT molecular complexity index is 1190. The maximum absolute atomic E-state index is 13.2. The Morgan fingerprint density at radius 1 is 0.914 bits per heavy atom. The normalized spacial score (nSPS) is 14.6. The third-order valence-electron chi connectivity index (χ3n) is 6.64. The van der Waals surface area contributed by atoms with Crippen LogP contribution in [0.15, 0.2) is 78.9 Å². The summed E-state index contributed by atoms with van der Waals surface area (Å²) in [5.41, 5.74) is 4.27. The van der Waals surface area contributed by atoms with E-state index in [0.717, 1.165) is 35.2 Å². The van der Waals surface area contributed by atoms with Gasteiger partial charge in [0.1, 0.15) is 0 Å². The first-order chi connectivity index (χ1) is 16.9. The first kappa shape index (κ1) is 24.2. The van der Waals surface area contributed by atoms with Crippen LogP contribution in [-0.4, -0.2) is 47.8 Å². The highest BCUT2D eigenvalue weighted by molar-refractivity contribution is 6.40. The molecule has 1 atom stereocenters. The van der Waals surface area contributed by atoms with Gasteiger partial charge >= 0.3 is 5.97 Å². The van der Waals surface area contributed by atoms with Crippen LogP contribution < -0.4 is 4.90 Å². The number of anilines is 1. The smallest absolute Gasteiger partial charge is 0.377 e. The van der Waals surface area contributed by atoms with Crippen LogP contribution in [0.25, 0.3) is 0 Å². The SMILES string of the molecule is CN(CC1CCc2c(cccc2C(=O)C(=O)O)C1)C(=O)CN(Cc1ccccc1)c1ccccc1. The molecule has 0 fully saturated rings. The Hall–Kier alpha value is -3.93. The number of amides is 1. The molecule has 1 aliphatic carbocycles. The first-order valence-electron chi connectivity index (χ1n) is 11.9. The number of ketones is 1. The number of Topliss-reactive ketones (excluding diaryl/α,β-unsaturated/α-hetero) is 1. The van der Waals surface area contributed by atoms with E-state index in [2.05, 4.69) is 17.0 Å². The van der Waals surface area contributed by atoms with Gasteiger partial charge in [-0.05, 0) is 54.0 Å². The van der Waals surface area contributed by atoms with Crippen molar-refractivity contribution in [3.8, 4) is 0 Å². The molecule has 35 heavy (non-hydrogen) atoms. The van der Waals surface area contributed by atoms with E-state index >= 15 is 0 Å². The monoisotopic (exact) mass is 470 g/mol. The summed E-state index contributed by atoms with van der Waals surface area (Å²) in [5.74, 6) is -1.98. The molecule has 0 aromatic heterocycles. The summed E-state index contributed by atoms with van der Waals surface area (Å²) >= 11 is 0. The number of nitrogens with zero attached hydrogens (tertiary/aromatic N) is 2. The summed E-state index contributed by atoms with van der Waals surface area (Å²) < 4.78 is 0. The van der Waals surface area contributed by atoms with Gasteiger partial charge in [-0.15, -0.1) is 0 Å². The number of benzene rings is 3. The van der Waals surface area contributed by atoms with Crippen molar-refractivity contribution in [1.82, 2.24) is 4.90 Å². The lowest BCUT2D eigenvalue weighted by Crippen LogP contribution is -2.41. The third kappa shape index (κ3) is 5.96. The van der Waals surface area contributed by atoms with Crippen molar-refractivity contribution < 1.29 is 19.5 Å². The van der Waals surface area contributed by atoms with Crippen LogP contribution in [0, 0.1) is 5.92 Å². The van der Waals surface area contributed by atoms with E-state index in [-0.39, 0.29) is 23.9 Å². The Morgan fingerprint density at radius 3 is 2.29 bits per heavy atom. The molecule has 0 saturated carbocycles. The predicted molar refractivity (Wildman–Crippen MR) is 135 cm³/mol.